The van der Waals surface area contributed by atoms with Crippen LogP contribution in [-0.2, 0) is 0 Å². The minimum absolute atomic E-state index is 0.396. The van der Waals surface area contributed by atoms with Gasteiger partial charge in [-0.15, -0.1) is 0 Å². The Morgan fingerprint density at radius 2 is 1.65 bits per heavy atom. The molecular formula is C18H28BrN. The van der Waals surface area contributed by atoms with Crippen molar-refractivity contribution < 1.29 is 0 Å². The number of aryl methyl sites for hydroxylation is 2. The van der Waals surface area contributed by atoms with Gasteiger partial charge in [0, 0.05) is 10.5 Å². The summed E-state index contributed by atoms with van der Waals surface area (Å²) in [5, 5.41) is 3.74. The highest BCUT2D eigenvalue weighted by Crippen LogP contribution is 2.72. The molecule has 1 aliphatic rings. The maximum Gasteiger partial charge on any atom is 0.0361 e. The van der Waals surface area contributed by atoms with Crippen LogP contribution >= 0.6 is 15.9 Å². The highest BCUT2D eigenvalue weighted by Gasteiger charge is 2.67. The average Bonchev–Trinajstić information content (AvgIpc) is 2.72. The van der Waals surface area contributed by atoms with Crippen LogP contribution in [0.5, 0.6) is 0 Å². The Morgan fingerprint density at radius 1 is 1.10 bits per heavy atom. The topological polar surface area (TPSA) is 12.0 Å². The maximum absolute atomic E-state index is 3.74. The first-order valence-electron chi connectivity index (χ1n) is 7.64. The second kappa shape index (κ2) is 5.14. The van der Waals surface area contributed by atoms with Gasteiger partial charge in [-0.25, -0.2) is 0 Å². The first-order chi connectivity index (χ1) is 9.14. The van der Waals surface area contributed by atoms with Crippen molar-refractivity contribution in [3.63, 3.8) is 0 Å². The van der Waals surface area contributed by atoms with Gasteiger partial charge in [-0.3, -0.25) is 0 Å². The van der Waals surface area contributed by atoms with Gasteiger partial charge in [0.05, 0.1) is 0 Å². The fraction of sp³-hybridized carbons (Fsp3) is 0.667. The normalized spacial score (nSPS) is 21.8. The molecule has 0 saturated heterocycles. The Kier molecular flexibility index (Phi) is 4.12. The van der Waals surface area contributed by atoms with Gasteiger partial charge in [0.25, 0.3) is 0 Å². The zero-order valence-corrected chi connectivity index (χ0v) is 15.5. The molecule has 1 aromatic rings. The Morgan fingerprint density at radius 3 is 2.10 bits per heavy atom. The highest BCUT2D eigenvalue weighted by molar-refractivity contribution is 9.10. The van der Waals surface area contributed by atoms with E-state index in [4.69, 9.17) is 0 Å². The summed E-state index contributed by atoms with van der Waals surface area (Å²) in [4.78, 5) is 0. The molecule has 20 heavy (non-hydrogen) atoms. The summed E-state index contributed by atoms with van der Waals surface area (Å²) in [6, 6.07) is 5.08. The number of hydrogen-bond acceptors (Lipinski definition) is 1. The van der Waals surface area contributed by atoms with Crippen molar-refractivity contribution in [1.82, 2.24) is 5.32 Å². The van der Waals surface area contributed by atoms with Gasteiger partial charge in [-0.2, -0.15) is 0 Å². The fourth-order valence-electron chi connectivity index (χ4n) is 3.85. The molecule has 1 aromatic carbocycles. The molecular weight excluding hydrogens is 310 g/mol. The Hall–Kier alpha value is -0.340. The van der Waals surface area contributed by atoms with Crippen molar-refractivity contribution in [2.45, 2.75) is 54.5 Å². The smallest absolute Gasteiger partial charge is 0.0361 e. The van der Waals surface area contributed by atoms with Crippen molar-refractivity contribution >= 4 is 15.9 Å². The summed E-state index contributed by atoms with van der Waals surface area (Å²) in [5.74, 6) is 0.689. The highest BCUT2D eigenvalue weighted by atomic mass is 79.9. The van der Waals surface area contributed by atoms with Gasteiger partial charge in [-0.05, 0) is 59.9 Å². The minimum Gasteiger partial charge on any atom is -0.310 e. The molecule has 2 rings (SSSR count). The van der Waals surface area contributed by atoms with Crippen molar-refractivity contribution in [2.75, 3.05) is 6.54 Å². The molecule has 0 spiro atoms. The van der Waals surface area contributed by atoms with E-state index in [0.29, 0.717) is 22.8 Å². The molecule has 1 aliphatic carbocycles. The molecule has 1 nitrogen and oxygen atoms in total. The van der Waals surface area contributed by atoms with Gasteiger partial charge in [0.2, 0.25) is 0 Å². The van der Waals surface area contributed by atoms with Crippen LogP contribution in [0.2, 0.25) is 0 Å². The van der Waals surface area contributed by atoms with E-state index in [1.807, 2.05) is 0 Å². The number of rotatable bonds is 4. The molecule has 0 radical (unpaired) electrons. The van der Waals surface area contributed by atoms with E-state index in [0.717, 1.165) is 6.54 Å². The van der Waals surface area contributed by atoms with Crippen LogP contribution in [0, 0.1) is 30.6 Å². The summed E-state index contributed by atoms with van der Waals surface area (Å²) in [6.45, 7) is 17.3. The Balaban J connectivity index is 2.44. The second-order valence-electron chi connectivity index (χ2n) is 7.41. The molecule has 0 heterocycles. The molecule has 1 fully saturated rings. The predicted molar refractivity (Wildman–Crippen MR) is 91.1 cm³/mol. The molecule has 0 amide bonds. The van der Waals surface area contributed by atoms with E-state index in [1.165, 1.54) is 21.2 Å². The predicted octanol–water partition coefficient (Wildman–Crippen LogP) is 5.40. The summed E-state index contributed by atoms with van der Waals surface area (Å²) in [5.41, 5.74) is 4.97. The zero-order valence-electron chi connectivity index (χ0n) is 13.9. The second-order valence-corrected chi connectivity index (χ2v) is 8.27. The first kappa shape index (κ1) is 16.0. The molecule has 0 aliphatic heterocycles. The van der Waals surface area contributed by atoms with Gasteiger partial charge in [-0.1, -0.05) is 56.6 Å². The van der Waals surface area contributed by atoms with Crippen LogP contribution in [0.25, 0.3) is 0 Å². The Labute approximate surface area is 132 Å². The SMILES string of the molecule is CCNC(c1cc(C)c(Br)cc1C)C1C(C)(C)C1(C)C. The number of nitrogens with one attached hydrogen (secondary N) is 1. The third kappa shape index (κ3) is 2.35. The standard InChI is InChI=1S/C18H28BrN/c1-8-20-15(16-17(4,5)18(16,6)7)13-9-12(3)14(19)10-11(13)2/h9-10,15-16,20H,8H2,1-7H3. The lowest BCUT2D eigenvalue weighted by atomic mass is 9.92. The van der Waals surface area contributed by atoms with Gasteiger partial charge >= 0.3 is 0 Å². The first-order valence-corrected chi connectivity index (χ1v) is 8.44. The summed E-state index contributed by atoms with van der Waals surface area (Å²) >= 11 is 3.65. The van der Waals surface area contributed by atoms with Gasteiger partial charge in [0.15, 0.2) is 0 Å². The van der Waals surface area contributed by atoms with Crippen molar-refractivity contribution in [3.05, 3.63) is 33.3 Å². The molecule has 1 atom stereocenters. The molecule has 112 valence electrons. The van der Waals surface area contributed by atoms with E-state index >= 15 is 0 Å². The number of halogens is 1. The monoisotopic (exact) mass is 337 g/mol. The summed E-state index contributed by atoms with van der Waals surface area (Å²) in [7, 11) is 0. The lowest BCUT2D eigenvalue weighted by molar-refractivity contribution is 0.416. The van der Waals surface area contributed by atoms with E-state index in [2.05, 4.69) is 81.8 Å². The van der Waals surface area contributed by atoms with Crippen LogP contribution in [-0.4, -0.2) is 6.54 Å². The van der Waals surface area contributed by atoms with Crippen LogP contribution in [0.15, 0.2) is 16.6 Å². The third-order valence-corrected chi connectivity index (χ3v) is 6.63. The van der Waals surface area contributed by atoms with Crippen LogP contribution in [0.4, 0.5) is 0 Å². The van der Waals surface area contributed by atoms with E-state index in [-0.39, 0.29) is 0 Å². The zero-order chi connectivity index (χ0) is 15.3. The number of hydrogen-bond donors (Lipinski definition) is 1. The number of benzene rings is 1. The average molecular weight is 338 g/mol. The summed E-state index contributed by atoms with van der Waals surface area (Å²) in [6.07, 6.45) is 0. The Bertz CT molecular complexity index is 502. The van der Waals surface area contributed by atoms with Crippen LogP contribution in [0.3, 0.4) is 0 Å². The van der Waals surface area contributed by atoms with Gasteiger partial charge in [0.1, 0.15) is 0 Å². The largest absolute Gasteiger partial charge is 0.310 e. The van der Waals surface area contributed by atoms with Crippen molar-refractivity contribution in [3.8, 4) is 0 Å². The molecule has 0 aromatic heterocycles. The van der Waals surface area contributed by atoms with Gasteiger partial charge < -0.3 is 5.32 Å². The van der Waals surface area contributed by atoms with E-state index < -0.39 is 0 Å². The van der Waals surface area contributed by atoms with E-state index in [9.17, 15) is 0 Å². The minimum atomic E-state index is 0.396. The van der Waals surface area contributed by atoms with Crippen LogP contribution in [0.1, 0.15) is 57.4 Å². The molecule has 2 heteroatoms. The van der Waals surface area contributed by atoms with E-state index in [1.54, 1.807) is 0 Å². The third-order valence-electron chi connectivity index (χ3n) is 5.77. The lowest BCUT2D eigenvalue weighted by Crippen LogP contribution is -2.26. The quantitative estimate of drug-likeness (QED) is 0.775. The van der Waals surface area contributed by atoms with Crippen molar-refractivity contribution in [2.24, 2.45) is 16.7 Å². The van der Waals surface area contributed by atoms with Crippen molar-refractivity contribution in [1.29, 1.82) is 0 Å². The van der Waals surface area contributed by atoms with Crippen LogP contribution < -0.4 is 5.32 Å². The fourth-order valence-corrected chi connectivity index (χ4v) is 4.30. The molecule has 0 bridgehead atoms. The molecule has 1 unspecified atom stereocenters. The summed E-state index contributed by atoms with van der Waals surface area (Å²) < 4.78 is 1.21. The maximum atomic E-state index is 3.74. The molecule has 1 N–H and O–H groups in total. The molecule has 1 saturated carbocycles. The lowest BCUT2D eigenvalue weighted by Gasteiger charge is -2.24.